The van der Waals surface area contributed by atoms with Gasteiger partial charge in [0.25, 0.3) is 17.4 Å². The number of hydrogen-bond acceptors (Lipinski definition) is 4. The number of benzene rings is 2. The molecule has 0 atom stereocenters. The average Bonchev–Trinajstić information content (AvgIpc) is 3.54. The summed E-state index contributed by atoms with van der Waals surface area (Å²) in [6.45, 7) is -0.271. The van der Waals surface area contributed by atoms with Crippen LogP contribution in [0.3, 0.4) is 0 Å². The van der Waals surface area contributed by atoms with Crippen molar-refractivity contribution < 1.29 is 22.8 Å². The van der Waals surface area contributed by atoms with Crippen molar-refractivity contribution in [3.8, 4) is 0 Å². The molecule has 0 fully saturated rings. The summed E-state index contributed by atoms with van der Waals surface area (Å²) in [5.74, 6) is -4.82. The zero-order valence-corrected chi connectivity index (χ0v) is 21.2. The van der Waals surface area contributed by atoms with Crippen molar-refractivity contribution in [2.24, 2.45) is 0 Å². The first-order valence-electron chi connectivity index (χ1n) is 11.8. The predicted molar refractivity (Wildman–Crippen MR) is 144 cm³/mol. The summed E-state index contributed by atoms with van der Waals surface area (Å²) >= 11 is 6.07. The number of imidazole rings is 1. The van der Waals surface area contributed by atoms with E-state index in [0.717, 1.165) is 27.8 Å². The van der Waals surface area contributed by atoms with Crippen LogP contribution in [0.25, 0.3) is 17.7 Å². The molecule has 0 radical (unpaired) electrons. The molecule has 1 aliphatic heterocycles. The second kappa shape index (κ2) is 11.1. The van der Waals surface area contributed by atoms with Gasteiger partial charge in [0.2, 0.25) is 0 Å². The zero-order valence-electron chi connectivity index (χ0n) is 20.5. The largest absolute Gasteiger partial charge is 0.348 e. The number of halogens is 4. The van der Waals surface area contributed by atoms with Gasteiger partial charge >= 0.3 is 0 Å². The fraction of sp³-hybridized carbons (Fsp3) is 0.0714. The highest BCUT2D eigenvalue weighted by molar-refractivity contribution is 6.34. The third kappa shape index (κ3) is 5.59. The lowest BCUT2D eigenvalue weighted by atomic mass is 10.0. The Hall–Kier alpha value is -4.90. The van der Waals surface area contributed by atoms with E-state index in [4.69, 9.17) is 11.6 Å². The number of H-pyrrole nitrogens is 1. The first kappa shape index (κ1) is 26.7. The van der Waals surface area contributed by atoms with Gasteiger partial charge in [-0.15, -0.1) is 0 Å². The van der Waals surface area contributed by atoms with E-state index in [1.807, 2.05) is 6.07 Å². The van der Waals surface area contributed by atoms with E-state index in [0.29, 0.717) is 17.1 Å². The highest BCUT2D eigenvalue weighted by Crippen LogP contribution is 2.33. The van der Waals surface area contributed by atoms with Gasteiger partial charge in [-0.1, -0.05) is 35.9 Å². The molecule has 3 N–H and O–H groups in total. The first-order valence-corrected chi connectivity index (χ1v) is 12.2. The Balaban J connectivity index is 1.26. The van der Waals surface area contributed by atoms with Crippen LogP contribution in [0.15, 0.2) is 65.9 Å². The molecular weight excluding hydrogens is 547 g/mol. The summed E-state index contributed by atoms with van der Waals surface area (Å²) in [7, 11) is 0. The Morgan fingerprint density at radius 1 is 1.10 bits per heavy atom. The topological polar surface area (TPSA) is 109 Å². The van der Waals surface area contributed by atoms with E-state index in [-0.39, 0.29) is 35.1 Å². The average molecular weight is 566 g/mol. The number of rotatable bonds is 7. The summed E-state index contributed by atoms with van der Waals surface area (Å²) in [5.41, 5.74) is 1.56. The van der Waals surface area contributed by atoms with Crippen molar-refractivity contribution in [3.63, 3.8) is 0 Å². The van der Waals surface area contributed by atoms with Crippen molar-refractivity contribution in [1.82, 2.24) is 19.9 Å². The molecule has 2 aromatic carbocycles. The molecule has 4 aromatic rings. The zero-order chi connectivity index (χ0) is 28.4. The second-order valence-electron chi connectivity index (χ2n) is 8.78. The lowest BCUT2D eigenvalue weighted by Crippen LogP contribution is -2.33. The number of pyridine rings is 1. The number of hydrogen-bond donors (Lipinski definition) is 3. The van der Waals surface area contributed by atoms with Gasteiger partial charge in [-0.2, -0.15) is 0 Å². The Labute approximate surface area is 229 Å². The van der Waals surface area contributed by atoms with Crippen molar-refractivity contribution in [1.29, 1.82) is 0 Å². The van der Waals surface area contributed by atoms with Crippen LogP contribution in [0.5, 0.6) is 0 Å². The van der Waals surface area contributed by atoms with Crippen molar-refractivity contribution in [2.45, 2.75) is 6.54 Å². The number of aromatic nitrogens is 3. The van der Waals surface area contributed by atoms with Gasteiger partial charge in [0.15, 0.2) is 17.5 Å². The summed E-state index contributed by atoms with van der Waals surface area (Å²) < 4.78 is 41.4. The van der Waals surface area contributed by atoms with Crippen molar-refractivity contribution in [3.05, 3.63) is 122 Å². The normalized spacial score (nSPS) is 13.6. The fourth-order valence-corrected chi connectivity index (χ4v) is 4.40. The lowest BCUT2D eigenvalue weighted by Gasteiger charge is -2.10. The number of carbonyl (C=O) groups is 2. The van der Waals surface area contributed by atoms with Crippen LogP contribution in [0.4, 0.5) is 18.9 Å². The molecule has 202 valence electrons. The summed E-state index contributed by atoms with van der Waals surface area (Å²) in [6, 6.07) is 8.10. The monoisotopic (exact) mass is 565 g/mol. The molecule has 5 rings (SSSR count). The van der Waals surface area contributed by atoms with E-state index in [2.05, 4.69) is 20.6 Å². The lowest BCUT2D eigenvalue weighted by molar-refractivity contribution is -0.110. The van der Waals surface area contributed by atoms with Crippen LogP contribution >= 0.6 is 11.6 Å². The van der Waals surface area contributed by atoms with Gasteiger partial charge in [0, 0.05) is 36.4 Å². The molecule has 0 saturated heterocycles. The van der Waals surface area contributed by atoms with E-state index < -0.39 is 28.9 Å². The van der Waals surface area contributed by atoms with Crippen LogP contribution < -0.4 is 16.2 Å². The Kier molecular flexibility index (Phi) is 7.39. The SMILES string of the molecule is O=C1Nc2cc(C=CCNC(=O)c3cc(Cl)cn(Cc4cc(F)c(F)c(F)c4)c3=O)ccc2/C1=C/c1ncc[nH]1. The number of amides is 2. The number of anilines is 1. The molecule has 2 amide bonds. The smallest absolute Gasteiger partial charge is 0.263 e. The number of nitrogens with one attached hydrogen (secondary N) is 3. The maximum Gasteiger partial charge on any atom is 0.263 e. The van der Waals surface area contributed by atoms with E-state index in [1.54, 1.807) is 42.8 Å². The summed E-state index contributed by atoms with van der Waals surface area (Å²) in [5, 5.41) is 5.45. The number of nitrogens with zero attached hydrogens (tertiary/aromatic N) is 2. The predicted octanol–water partition coefficient (Wildman–Crippen LogP) is 4.63. The van der Waals surface area contributed by atoms with Crippen molar-refractivity contribution >= 4 is 46.8 Å². The standard InChI is InChI=1S/C28H19ClF3N5O3/c29-17-11-20(28(40)37(14-17)13-16-8-21(30)25(32)22(31)9-16)26(38)35-5-1-2-15-3-4-18-19(12-24-33-6-7-34-24)27(39)36-23(18)10-15/h1-4,6-12,14H,5,13H2,(H,33,34)(H,35,38)(H,36,39)/b2-1?,19-12-. The van der Waals surface area contributed by atoms with Crippen LogP contribution in [-0.4, -0.2) is 32.9 Å². The minimum absolute atomic E-state index is 0.0239. The van der Waals surface area contributed by atoms with Gasteiger partial charge < -0.3 is 20.2 Å². The van der Waals surface area contributed by atoms with Crippen LogP contribution in [0.2, 0.25) is 5.02 Å². The molecule has 1 aliphatic rings. The summed E-state index contributed by atoms with van der Waals surface area (Å²) in [6.07, 6.45) is 9.51. The molecule has 0 aliphatic carbocycles. The molecule has 0 unspecified atom stereocenters. The Morgan fingerprint density at radius 3 is 2.60 bits per heavy atom. The summed E-state index contributed by atoms with van der Waals surface area (Å²) in [4.78, 5) is 45.0. The van der Waals surface area contributed by atoms with E-state index in [1.165, 1.54) is 12.3 Å². The van der Waals surface area contributed by atoms with Crippen LogP contribution in [0.1, 0.15) is 32.9 Å². The van der Waals surface area contributed by atoms with Gasteiger partial charge in [-0.05, 0) is 41.5 Å². The molecule has 0 saturated carbocycles. The first-order chi connectivity index (χ1) is 19.2. The van der Waals surface area contributed by atoms with Gasteiger partial charge in [0.1, 0.15) is 11.4 Å². The molecule has 2 aromatic heterocycles. The van der Waals surface area contributed by atoms with Crippen LogP contribution in [-0.2, 0) is 11.3 Å². The molecule has 3 heterocycles. The minimum Gasteiger partial charge on any atom is -0.348 e. The number of fused-ring (bicyclic) bond motifs is 1. The van der Waals surface area contributed by atoms with Crippen molar-refractivity contribution in [2.75, 3.05) is 11.9 Å². The third-order valence-electron chi connectivity index (χ3n) is 6.01. The number of aromatic amines is 1. The highest BCUT2D eigenvalue weighted by atomic mass is 35.5. The molecule has 12 heteroatoms. The molecule has 40 heavy (non-hydrogen) atoms. The quantitative estimate of drug-likeness (QED) is 0.224. The van der Waals surface area contributed by atoms with Gasteiger partial charge in [-0.3, -0.25) is 14.4 Å². The maximum absolute atomic E-state index is 13.6. The van der Waals surface area contributed by atoms with E-state index in [9.17, 15) is 27.6 Å². The number of carbonyl (C=O) groups excluding carboxylic acids is 2. The Morgan fingerprint density at radius 2 is 1.88 bits per heavy atom. The van der Waals surface area contributed by atoms with Gasteiger partial charge in [-0.25, -0.2) is 18.2 Å². The second-order valence-corrected chi connectivity index (χ2v) is 9.22. The Bertz CT molecular complexity index is 1740. The molecule has 8 nitrogen and oxygen atoms in total. The molecular formula is C28H19ClF3N5O3. The molecule has 0 spiro atoms. The van der Waals surface area contributed by atoms with Gasteiger partial charge in [0.05, 0.1) is 17.1 Å². The highest BCUT2D eigenvalue weighted by Gasteiger charge is 2.24. The molecule has 0 bridgehead atoms. The van der Waals surface area contributed by atoms with E-state index >= 15 is 0 Å². The van der Waals surface area contributed by atoms with Crippen LogP contribution in [0, 0.1) is 17.5 Å². The minimum atomic E-state index is -1.62. The fourth-order valence-electron chi connectivity index (χ4n) is 4.17. The third-order valence-corrected chi connectivity index (χ3v) is 6.22. The maximum atomic E-state index is 13.6.